The number of rotatable bonds is 5. The summed E-state index contributed by atoms with van der Waals surface area (Å²) in [5, 5.41) is 9.29. The number of nitrogens with one attached hydrogen (secondary N) is 1. The molecule has 2 aromatic carbocycles. The van der Waals surface area contributed by atoms with Crippen molar-refractivity contribution in [1.82, 2.24) is 9.78 Å². The first kappa shape index (κ1) is 21.6. The van der Waals surface area contributed by atoms with Crippen LogP contribution in [0.2, 0.25) is 15.1 Å². The number of benzene rings is 2. The number of halogens is 3. The van der Waals surface area contributed by atoms with E-state index >= 15 is 0 Å². The van der Waals surface area contributed by atoms with Crippen LogP contribution in [0.3, 0.4) is 0 Å². The molecule has 0 atom stereocenters. The number of aromatic nitrogens is 2. The second-order valence-electron chi connectivity index (χ2n) is 6.56. The summed E-state index contributed by atoms with van der Waals surface area (Å²) in [6.45, 7) is 1.43. The van der Waals surface area contributed by atoms with Crippen LogP contribution in [0, 0.1) is 6.92 Å². The van der Waals surface area contributed by atoms with Crippen LogP contribution >= 0.6 is 46.1 Å². The second-order valence-corrected chi connectivity index (χ2v) is 8.84. The van der Waals surface area contributed by atoms with Crippen molar-refractivity contribution < 1.29 is 14.3 Å². The third-order valence-electron chi connectivity index (χ3n) is 4.35. The fourth-order valence-electron chi connectivity index (χ4n) is 2.88. The van der Waals surface area contributed by atoms with Crippen molar-refractivity contribution in [2.75, 3.05) is 11.9 Å². The number of aryl methyl sites for hydroxylation is 1. The van der Waals surface area contributed by atoms with Crippen LogP contribution in [0.5, 0.6) is 0 Å². The normalized spacial score (nSPS) is 11.0. The predicted molar refractivity (Wildman–Crippen MR) is 124 cm³/mol. The third-order valence-corrected chi connectivity index (χ3v) is 6.44. The minimum absolute atomic E-state index is 0.312. The minimum Gasteiger partial charge on any atom is -0.451 e. The van der Waals surface area contributed by atoms with E-state index in [1.54, 1.807) is 35.0 Å². The SMILES string of the molecule is Cc1nn(-c2ccc(Cl)cc2)c2sc(C(=O)OCC(=O)Nc3ccc(Cl)c(Cl)c3)cc12. The van der Waals surface area contributed by atoms with E-state index in [2.05, 4.69) is 10.4 Å². The number of ether oxygens (including phenoxy) is 1. The number of amides is 1. The molecule has 1 amide bonds. The van der Waals surface area contributed by atoms with E-state index in [-0.39, 0.29) is 0 Å². The molecule has 0 aliphatic rings. The van der Waals surface area contributed by atoms with Crippen LogP contribution in [0.25, 0.3) is 15.9 Å². The molecule has 0 aliphatic heterocycles. The molecule has 4 aromatic rings. The molecule has 0 radical (unpaired) electrons. The number of nitrogens with zero attached hydrogens (tertiary/aromatic N) is 2. The molecule has 2 aromatic heterocycles. The van der Waals surface area contributed by atoms with Gasteiger partial charge in [-0.15, -0.1) is 11.3 Å². The Morgan fingerprint density at radius 3 is 2.52 bits per heavy atom. The molecule has 6 nitrogen and oxygen atoms in total. The van der Waals surface area contributed by atoms with E-state index in [4.69, 9.17) is 39.5 Å². The predicted octanol–water partition coefficient (Wildman–Crippen LogP) is 6.15. The number of hydrogen-bond acceptors (Lipinski definition) is 5. The zero-order chi connectivity index (χ0) is 22.1. The average Bonchev–Trinajstić information content (AvgIpc) is 3.30. The second kappa shape index (κ2) is 8.88. The van der Waals surface area contributed by atoms with Crippen molar-refractivity contribution >= 4 is 73.9 Å². The lowest BCUT2D eigenvalue weighted by atomic mass is 10.3. The van der Waals surface area contributed by atoms with E-state index < -0.39 is 18.5 Å². The summed E-state index contributed by atoms with van der Waals surface area (Å²) in [6.07, 6.45) is 0. The maximum Gasteiger partial charge on any atom is 0.348 e. The first-order valence-corrected chi connectivity index (χ1v) is 10.9. The Kier molecular flexibility index (Phi) is 6.20. The molecule has 10 heteroatoms. The number of carbonyl (C=O) groups excluding carboxylic acids is 2. The number of anilines is 1. The molecule has 1 N–H and O–H groups in total. The van der Waals surface area contributed by atoms with Crippen LogP contribution in [0.15, 0.2) is 48.5 Å². The van der Waals surface area contributed by atoms with E-state index in [0.717, 1.165) is 21.6 Å². The highest BCUT2D eigenvalue weighted by Crippen LogP contribution is 2.31. The van der Waals surface area contributed by atoms with Gasteiger partial charge in [0.2, 0.25) is 0 Å². The minimum atomic E-state index is -0.590. The number of thiophene rings is 1. The zero-order valence-electron chi connectivity index (χ0n) is 16.0. The summed E-state index contributed by atoms with van der Waals surface area (Å²) in [5.41, 5.74) is 2.05. The number of esters is 1. The molecule has 0 aliphatic carbocycles. The van der Waals surface area contributed by atoms with Crippen molar-refractivity contribution in [1.29, 1.82) is 0 Å². The van der Waals surface area contributed by atoms with Gasteiger partial charge in [0, 0.05) is 16.1 Å². The maximum atomic E-state index is 12.5. The Labute approximate surface area is 196 Å². The van der Waals surface area contributed by atoms with Crippen molar-refractivity contribution in [3.05, 3.63) is 74.2 Å². The van der Waals surface area contributed by atoms with Gasteiger partial charge in [-0.2, -0.15) is 5.10 Å². The molecule has 2 heterocycles. The van der Waals surface area contributed by atoms with E-state index in [0.29, 0.717) is 25.6 Å². The average molecular weight is 495 g/mol. The first-order chi connectivity index (χ1) is 14.8. The zero-order valence-corrected chi connectivity index (χ0v) is 19.1. The van der Waals surface area contributed by atoms with Gasteiger partial charge in [-0.25, -0.2) is 9.48 Å². The summed E-state index contributed by atoms with van der Waals surface area (Å²) < 4.78 is 6.92. The highest BCUT2D eigenvalue weighted by molar-refractivity contribution is 7.20. The van der Waals surface area contributed by atoms with E-state index in [9.17, 15) is 9.59 Å². The Morgan fingerprint density at radius 2 is 1.81 bits per heavy atom. The van der Waals surface area contributed by atoms with Crippen LogP contribution in [0.4, 0.5) is 5.69 Å². The smallest absolute Gasteiger partial charge is 0.348 e. The standard InChI is InChI=1S/C21H14Cl3N3O3S/c1-11-15-9-18(31-20(15)27(26-11)14-5-2-12(22)3-6-14)21(29)30-10-19(28)25-13-4-7-16(23)17(24)8-13/h2-9H,10H2,1H3,(H,25,28). The molecular weight excluding hydrogens is 481 g/mol. The summed E-state index contributed by atoms with van der Waals surface area (Å²) in [5.74, 6) is -1.08. The van der Waals surface area contributed by atoms with Gasteiger partial charge in [0.05, 0.1) is 21.4 Å². The molecule has 0 bridgehead atoms. The lowest BCUT2D eigenvalue weighted by Crippen LogP contribution is -2.20. The first-order valence-electron chi connectivity index (χ1n) is 8.99. The van der Waals surface area contributed by atoms with Crippen LogP contribution in [0.1, 0.15) is 15.4 Å². The Balaban J connectivity index is 1.46. The third kappa shape index (κ3) is 4.70. The lowest BCUT2D eigenvalue weighted by molar-refractivity contribution is -0.119. The van der Waals surface area contributed by atoms with Gasteiger partial charge in [0.25, 0.3) is 5.91 Å². The summed E-state index contributed by atoms with van der Waals surface area (Å²) in [6, 6.07) is 13.6. The quantitative estimate of drug-likeness (QED) is 0.338. The lowest BCUT2D eigenvalue weighted by Gasteiger charge is -2.07. The molecule has 0 saturated carbocycles. The highest BCUT2D eigenvalue weighted by Gasteiger charge is 2.19. The topological polar surface area (TPSA) is 73.2 Å². The van der Waals surface area contributed by atoms with Gasteiger partial charge in [-0.05, 0) is 55.5 Å². The van der Waals surface area contributed by atoms with Crippen LogP contribution in [-0.4, -0.2) is 28.3 Å². The van der Waals surface area contributed by atoms with Gasteiger partial charge >= 0.3 is 5.97 Å². The van der Waals surface area contributed by atoms with Crippen molar-refractivity contribution in [3.8, 4) is 5.69 Å². The number of carbonyl (C=O) groups is 2. The molecule has 0 saturated heterocycles. The Hall–Kier alpha value is -2.58. The number of fused-ring (bicyclic) bond motifs is 1. The van der Waals surface area contributed by atoms with E-state index in [1.165, 1.54) is 17.4 Å². The van der Waals surface area contributed by atoms with E-state index in [1.807, 2.05) is 19.1 Å². The molecule has 0 unspecified atom stereocenters. The van der Waals surface area contributed by atoms with Gasteiger partial charge < -0.3 is 10.1 Å². The van der Waals surface area contributed by atoms with Crippen molar-refractivity contribution in [3.63, 3.8) is 0 Å². The van der Waals surface area contributed by atoms with Crippen LogP contribution < -0.4 is 5.32 Å². The summed E-state index contributed by atoms with van der Waals surface area (Å²) in [4.78, 5) is 25.8. The molecule has 0 spiro atoms. The largest absolute Gasteiger partial charge is 0.451 e. The maximum absolute atomic E-state index is 12.5. The molecular formula is C21H14Cl3N3O3S. The molecule has 158 valence electrons. The van der Waals surface area contributed by atoms with Crippen molar-refractivity contribution in [2.24, 2.45) is 0 Å². The molecule has 4 rings (SSSR count). The van der Waals surface area contributed by atoms with Crippen molar-refractivity contribution in [2.45, 2.75) is 6.92 Å². The monoisotopic (exact) mass is 493 g/mol. The van der Waals surface area contributed by atoms with Gasteiger partial charge in [-0.1, -0.05) is 34.8 Å². The molecule has 31 heavy (non-hydrogen) atoms. The summed E-state index contributed by atoms with van der Waals surface area (Å²) >= 11 is 19.0. The van der Waals surface area contributed by atoms with Gasteiger partial charge in [-0.3, -0.25) is 4.79 Å². The molecule has 0 fully saturated rings. The fraction of sp³-hybridized carbons (Fsp3) is 0.0952. The Morgan fingerprint density at radius 1 is 1.06 bits per heavy atom. The number of hydrogen-bond donors (Lipinski definition) is 1. The van der Waals surface area contributed by atoms with Crippen LogP contribution in [-0.2, 0) is 9.53 Å². The highest BCUT2D eigenvalue weighted by atomic mass is 35.5. The van der Waals surface area contributed by atoms with Gasteiger partial charge in [0.15, 0.2) is 6.61 Å². The van der Waals surface area contributed by atoms with Gasteiger partial charge in [0.1, 0.15) is 9.71 Å². The Bertz CT molecular complexity index is 1300. The fourth-order valence-corrected chi connectivity index (χ4v) is 4.38. The summed E-state index contributed by atoms with van der Waals surface area (Å²) in [7, 11) is 0.